The maximum atomic E-state index is 12.3. The quantitative estimate of drug-likeness (QED) is 0.784. The number of halogens is 2. The minimum absolute atomic E-state index is 0. The first-order valence-corrected chi connectivity index (χ1v) is 9.27. The second-order valence-corrected chi connectivity index (χ2v) is 7.27. The number of piperidine rings is 1. The molecule has 1 aliphatic heterocycles. The second-order valence-electron chi connectivity index (χ2n) is 6.33. The summed E-state index contributed by atoms with van der Waals surface area (Å²) in [5.41, 5.74) is 7.38. The van der Waals surface area contributed by atoms with E-state index in [9.17, 15) is 4.79 Å². The van der Waals surface area contributed by atoms with Gasteiger partial charge in [0.1, 0.15) is 10.7 Å². The molecule has 144 valence electrons. The predicted molar refractivity (Wildman–Crippen MR) is 111 cm³/mol. The molecule has 2 atom stereocenters. The first kappa shape index (κ1) is 22.9. The van der Waals surface area contributed by atoms with Crippen LogP contribution in [-0.4, -0.2) is 34.4 Å². The molecule has 1 saturated heterocycles. The van der Waals surface area contributed by atoms with Crippen LogP contribution in [0.1, 0.15) is 40.8 Å². The van der Waals surface area contributed by atoms with Gasteiger partial charge in [0.05, 0.1) is 0 Å². The van der Waals surface area contributed by atoms with Crippen molar-refractivity contribution in [1.82, 2.24) is 15.2 Å². The van der Waals surface area contributed by atoms with Gasteiger partial charge in [0.15, 0.2) is 0 Å². The number of nitrogens with one attached hydrogen (secondary N) is 1. The third kappa shape index (κ3) is 5.93. The molecular formula is C18H26Cl2N4OS. The standard InChI is InChI=1S/C18H24N4OS.2ClH/c1-13-9-15(20-18(23)16-12-24-17(10-19)21-16)7-8-22(13)11-14-5-3-2-4-6-14;;/h2-6,12-13,15H,7-11,19H2,1H3,(H,20,23);2*1H. The Hall–Kier alpha value is -1.18. The summed E-state index contributed by atoms with van der Waals surface area (Å²) in [6, 6.07) is 11.2. The zero-order chi connectivity index (χ0) is 16.9. The Morgan fingerprint density at radius 3 is 2.69 bits per heavy atom. The number of benzene rings is 1. The summed E-state index contributed by atoms with van der Waals surface area (Å²) in [6.07, 6.45) is 1.93. The molecule has 2 unspecified atom stereocenters. The topological polar surface area (TPSA) is 71.2 Å². The van der Waals surface area contributed by atoms with E-state index >= 15 is 0 Å². The maximum Gasteiger partial charge on any atom is 0.270 e. The van der Waals surface area contributed by atoms with E-state index in [0.29, 0.717) is 18.3 Å². The molecule has 2 aromatic rings. The highest BCUT2D eigenvalue weighted by atomic mass is 35.5. The van der Waals surface area contributed by atoms with Gasteiger partial charge in [-0.15, -0.1) is 36.2 Å². The highest BCUT2D eigenvalue weighted by Crippen LogP contribution is 2.20. The first-order valence-electron chi connectivity index (χ1n) is 8.39. The third-order valence-electron chi connectivity index (χ3n) is 4.54. The van der Waals surface area contributed by atoms with Crippen molar-refractivity contribution in [3.63, 3.8) is 0 Å². The fourth-order valence-electron chi connectivity index (χ4n) is 3.17. The van der Waals surface area contributed by atoms with Crippen molar-refractivity contribution in [2.75, 3.05) is 6.54 Å². The van der Waals surface area contributed by atoms with Crippen molar-refractivity contribution in [2.45, 2.75) is 44.9 Å². The van der Waals surface area contributed by atoms with Crippen LogP contribution in [-0.2, 0) is 13.1 Å². The van der Waals surface area contributed by atoms with Crippen LogP contribution in [0.15, 0.2) is 35.7 Å². The van der Waals surface area contributed by atoms with E-state index in [1.165, 1.54) is 16.9 Å². The fraction of sp³-hybridized carbons (Fsp3) is 0.444. The highest BCUT2D eigenvalue weighted by molar-refractivity contribution is 7.09. The summed E-state index contributed by atoms with van der Waals surface area (Å²) in [5, 5.41) is 5.71. The SMILES string of the molecule is CC1CC(NC(=O)c2csc(CN)n2)CCN1Cc1ccccc1.Cl.Cl. The van der Waals surface area contributed by atoms with Gasteiger partial charge in [-0.3, -0.25) is 9.69 Å². The monoisotopic (exact) mass is 416 g/mol. The minimum Gasteiger partial charge on any atom is -0.348 e. The van der Waals surface area contributed by atoms with Crippen molar-refractivity contribution in [1.29, 1.82) is 0 Å². The lowest BCUT2D eigenvalue weighted by molar-refractivity contribution is 0.0862. The van der Waals surface area contributed by atoms with E-state index in [1.54, 1.807) is 5.38 Å². The predicted octanol–water partition coefficient (Wildman–Crippen LogP) is 3.23. The molecule has 3 rings (SSSR count). The van der Waals surface area contributed by atoms with Crippen LogP contribution in [0.25, 0.3) is 0 Å². The summed E-state index contributed by atoms with van der Waals surface area (Å²) in [6.45, 7) is 4.57. The average Bonchev–Trinajstić information content (AvgIpc) is 3.08. The average molecular weight is 417 g/mol. The zero-order valence-electron chi connectivity index (χ0n) is 14.8. The van der Waals surface area contributed by atoms with Crippen LogP contribution in [0.3, 0.4) is 0 Å². The summed E-state index contributed by atoms with van der Waals surface area (Å²) in [7, 11) is 0. The van der Waals surface area contributed by atoms with Crippen LogP contribution < -0.4 is 11.1 Å². The molecule has 2 heterocycles. The van der Waals surface area contributed by atoms with E-state index in [0.717, 1.165) is 30.9 Å². The number of rotatable bonds is 5. The number of nitrogens with two attached hydrogens (primary N) is 1. The lowest BCUT2D eigenvalue weighted by Gasteiger charge is -2.38. The molecule has 0 radical (unpaired) electrons. The molecule has 3 N–H and O–H groups in total. The highest BCUT2D eigenvalue weighted by Gasteiger charge is 2.27. The molecule has 0 bridgehead atoms. The minimum atomic E-state index is -0.0836. The Bertz CT molecular complexity index is 683. The van der Waals surface area contributed by atoms with E-state index in [1.807, 2.05) is 6.07 Å². The summed E-state index contributed by atoms with van der Waals surface area (Å²) >= 11 is 1.44. The van der Waals surface area contributed by atoms with Crippen molar-refractivity contribution in [3.8, 4) is 0 Å². The Kier molecular flexibility index (Phi) is 9.54. The Balaban J connectivity index is 0.00000169. The number of likely N-dealkylation sites (tertiary alicyclic amines) is 1. The van der Waals surface area contributed by atoms with Gasteiger partial charge in [-0.05, 0) is 25.3 Å². The summed E-state index contributed by atoms with van der Waals surface area (Å²) in [5.74, 6) is -0.0836. The molecular weight excluding hydrogens is 391 g/mol. The fourth-order valence-corrected chi connectivity index (χ4v) is 3.83. The Morgan fingerprint density at radius 1 is 1.35 bits per heavy atom. The molecule has 8 heteroatoms. The molecule has 5 nitrogen and oxygen atoms in total. The molecule has 1 aromatic carbocycles. The molecule has 26 heavy (non-hydrogen) atoms. The van der Waals surface area contributed by atoms with Gasteiger partial charge in [-0.2, -0.15) is 0 Å². The normalized spacial score (nSPS) is 19.9. The van der Waals surface area contributed by atoms with E-state index in [2.05, 4.69) is 46.4 Å². The van der Waals surface area contributed by atoms with Crippen LogP contribution >= 0.6 is 36.2 Å². The smallest absolute Gasteiger partial charge is 0.270 e. The van der Waals surface area contributed by atoms with E-state index in [4.69, 9.17) is 5.73 Å². The molecule has 0 spiro atoms. The number of thiazole rings is 1. The molecule has 1 fully saturated rings. The van der Waals surface area contributed by atoms with E-state index < -0.39 is 0 Å². The molecule has 0 aliphatic carbocycles. The number of aromatic nitrogens is 1. The van der Waals surface area contributed by atoms with Gasteiger partial charge in [-0.1, -0.05) is 30.3 Å². The van der Waals surface area contributed by atoms with Gasteiger partial charge in [-0.25, -0.2) is 4.98 Å². The van der Waals surface area contributed by atoms with Gasteiger partial charge in [0, 0.05) is 37.1 Å². The number of amides is 1. The van der Waals surface area contributed by atoms with Gasteiger partial charge in [0.25, 0.3) is 5.91 Å². The van der Waals surface area contributed by atoms with Crippen LogP contribution in [0, 0.1) is 0 Å². The number of nitrogens with zero attached hydrogens (tertiary/aromatic N) is 2. The van der Waals surface area contributed by atoms with Gasteiger partial charge in [0.2, 0.25) is 0 Å². The maximum absolute atomic E-state index is 12.3. The van der Waals surface area contributed by atoms with Crippen LogP contribution in [0.5, 0.6) is 0 Å². The number of hydrogen-bond donors (Lipinski definition) is 2. The third-order valence-corrected chi connectivity index (χ3v) is 5.41. The first-order chi connectivity index (χ1) is 11.7. The Morgan fingerprint density at radius 2 is 2.08 bits per heavy atom. The number of carbonyl (C=O) groups is 1. The summed E-state index contributed by atoms with van der Waals surface area (Å²) in [4.78, 5) is 19.0. The van der Waals surface area contributed by atoms with Crippen LogP contribution in [0.4, 0.5) is 0 Å². The van der Waals surface area contributed by atoms with Crippen LogP contribution in [0.2, 0.25) is 0 Å². The molecule has 0 saturated carbocycles. The van der Waals surface area contributed by atoms with Gasteiger partial charge >= 0.3 is 0 Å². The molecule has 1 amide bonds. The Labute approximate surface area is 171 Å². The largest absolute Gasteiger partial charge is 0.348 e. The van der Waals surface area contributed by atoms with Gasteiger partial charge < -0.3 is 11.1 Å². The van der Waals surface area contributed by atoms with Crippen molar-refractivity contribution in [3.05, 3.63) is 52.0 Å². The number of carbonyl (C=O) groups excluding carboxylic acids is 1. The lowest BCUT2D eigenvalue weighted by Crippen LogP contribution is -2.48. The van der Waals surface area contributed by atoms with E-state index in [-0.39, 0.29) is 36.8 Å². The van der Waals surface area contributed by atoms with Crippen molar-refractivity contribution < 1.29 is 4.79 Å². The molecule has 1 aromatic heterocycles. The number of hydrogen-bond acceptors (Lipinski definition) is 5. The van der Waals surface area contributed by atoms with Crippen molar-refractivity contribution in [2.24, 2.45) is 5.73 Å². The lowest BCUT2D eigenvalue weighted by atomic mass is 9.97. The second kappa shape index (κ2) is 10.8. The summed E-state index contributed by atoms with van der Waals surface area (Å²) < 4.78 is 0. The van der Waals surface area contributed by atoms with Crippen molar-refractivity contribution >= 4 is 42.1 Å². The zero-order valence-corrected chi connectivity index (χ0v) is 17.2. The molecule has 1 aliphatic rings.